The number of para-hydroxylation sites is 1. The molecule has 0 aliphatic rings. The van der Waals surface area contributed by atoms with E-state index >= 15 is 0 Å². The number of nitriles is 1. The zero-order chi connectivity index (χ0) is 14.5. The fraction of sp³-hybridized carbons (Fsp3) is 0.375. The van der Waals surface area contributed by atoms with Crippen molar-refractivity contribution in [2.24, 2.45) is 13.0 Å². The minimum Gasteiger partial charge on any atom is -0.355 e. The highest BCUT2D eigenvalue weighted by Gasteiger charge is 2.14. The second kappa shape index (κ2) is 6.25. The maximum Gasteiger partial charge on any atom is 0.237 e. The van der Waals surface area contributed by atoms with Crippen LogP contribution in [0.2, 0.25) is 0 Å². The van der Waals surface area contributed by atoms with Crippen LogP contribution in [0.25, 0.3) is 10.9 Å². The van der Waals surface area contributed by atoms with Gasteiger partial charge in [-0.1, -0.05) is 25.1 Å². The lowest BCUT2D eigenvalue weighted by Gasteiger charge is -2.07. The Bertz CT molecular complexity index is 651. The number of nitrogens with zero attached hydrogens (tertiary/aromatic N) is 2. The van der Waals surface area contributed by atoms with Crippen LogP contribution in [0.5, 0.6) is 0 Å². The lowest BCUT2D eigenvalue weighted by Crippen LogP contribution is -2.31. The number of carbonyl (C=O) groups excluding carboxylic acids is 1. The predicted molar refractivity (Wildman–Crippen MR) is 79.0 cm³/mol. The van der Waals surface area contributed by atoms with Gasteiger partial charge in [-0.3, -0.25) is 4.79 Å². The Morgan fingerprint density at radius 3 is 2.90 bits per heavy atom. The van der Waals surface area contributed by atoms with Crippen molar-refractivity contribution in [2.75, 3.05) is 6.54 Å². The summed E-state index contributed by atoms with van der Waals surface area (Å²) in [5.74, 6) is -0.710. The molecule has 4 nitrogen and oxygen atoms in total. The van der Waals surface area contributed by atoms with Gasteiger partial charge in [0.25, 0.3) is 0 Å². The Balaban J connectivity index is 2.00. The molecule has 1 atom stereocenters. The fourth-order valence-corrected chi connectivity index (χ4v) is 2.40. The number of carbonyl (C=O) groups is 1. The molecule has 1 aromatic heterocycles. The van der Waals surface area contributed by atoms with Gasteiger partial charge in [-0.15, -0.1) is 0 Å². The van der Waals surface area contributed by atoms with Crippen LogP contribution in [0.3, 0.4) is 0 Å². The number of amides is 1. The second-order valence-corrected chi connectivity index (χ2v) is 4.91. The average Bonchev–Trinajstić information content (AvgIpc) is 2.78. The van der Waals surface area contributed by atoms with Gasteiger partial charge in [0, 0.05) is 30.7 Å². The largest absolute Gasteiger partial charge is 0.355 e. The molecular weight excluding hydrogens is 250 g/mol. The Hall–Kier alpha value is -2.28. The molecule has 0 aliphatic heterocycles. The van der Waals surface area contributed by atoms with Crippen LogP contribution in [0, 0.1) is 17.2 Å². The number of hydrogen-bond acceptors (Lipinski definition) is 2. The minimum atomic E-state index is -0.539. The third-order valence-corrected chi connectivity index (χ3v) is 3.55. The number of fused-ring (bicyclic) bond motifs is 1. The average molecular weight is 269 g/mol. The highest BCUT2D eigenvalue weighted by atomic mass is 16.1. The van der Waals surface area contributed by atoms with Gasteiger partial charge >= 0.3 is 0 Å². The molecule has 0 spiro atoms. The summed E-state index contributed by atoms with van der Waals surface area (Å²) in [6.07, 6.45) is 3.42. The van der Waals surface area contributed by atoms with E-state index in [1.807, 2.05) is 32.2 Å². The summed E-state index contributed by atoms with van der Waals surface area (Å²) in [6.45, 7) is 2.41. The van der Waals surface area contributed by atoms with E-state index in [9.17, 15) is 4.79 Å². The first-order chi connectivity index (χ1) is 9.67. The van der Waals surface area contributed by atoms with Crippen LogP contribution in [-0.4, -0.2) is 17.0 Å². The van der Waals surface area contributed by atoms with E-state index in [1.165, 1.54) is 16.5 Å². The summed E-state index contributed by atoms with van der Waals surface area (Å²) < 4.78 is 2.09. The Morgan fingerprint density at radius 1 is 1.45 bits per heavy atom. The van der Waals surface area contributed by atoms with Crippen molar-refractivity contribution < 1.29 is 4.79 Å². The summed E-state index contributed by atoms with van der Waals surface area (Å²) in [5.41, 5.74) is 2.41. The molecular formula is C16H19N3O. The predicted octanol–water partition coefficient (Wildman–Crippen LogP) is 2.39. The van der Waals surface area contributed by atoms with E-state index in [0.29, 0.717) is 13.0 Å². The van der Waals surface area contributed by atoms with Crippen molar-refractivity contribution in [3.05, 3.63) is 36.0 Å². The van der Waals surface area contributed by atoms with Crippen molar-refractivity contribution in [2.45, 2.75) is 19.8 Å². The molecule has 1 amide bonds. The number of hydrogen-bond donors (Lipinski definition) is 1. The fourth-order valence-electron chi connectivity index (χ4n) is 2.40. The zero-order valence-corrected chi connectivity index (χ0v) is 11.9. The van der Waals surface area contributed by atoms with Gasteiger partial charge in [0.05, 0.1) is 6.07 Å². The normalized spacial score (nSPS) is 12.1. The molecule has 4 heteroatoms. The van der Waals surface area contributed by atoms with E-state index in [1.54, 1.807) is 0 Å². The monoisotopic (exact) mass is 269 g/mol. The van der Waals surface area contributed by atoms with E-state index < -0.39 is 5.92 Å². The Kier molecular flexibility index (Phi) is 4.41. The second-order valence-electron chi connectivity index (χ2n) is 4.91. The Morgan fingerprint density at radius 2 is 2.20 bits per heavy atom. The maximum absolute atomic E-state index is 11.7. The quantitative estimate of drug-likeness (QED) is 0.906. The summed E-state index contributed by atoms with van der Waals surface area (Å²) >= 11 is 0. The SMILES string of the molecule is CCC(C#N)C(=O)NCCc1cn(C)c2ccccc12. The topological polar surface area (TPSA) is 57.8 Å². The molecule has 20 heavy (non-hydrogen) atoms. The van der Waals surface area contributed by atoms with Crippen LogP contribution in [0.4, 0.5) is 0 Å². The molecule has 0 saturated heterocycles. The molecule has 0 aliphatic carbocycles. The molecule has 1 unspecified atom stereocenters. The van der Waals surface area contributed by atoms with Gasteiger partial charge in [-0.2, -0.15) is 5.26 Å². The van der Waals surface area contributed by atoms with Crippen molar-refractivity contribution in [3.63, 3.8) is 0 Å². The summed E-state index contributed by atoms with van der Waals surface area (Å²) in [4.78, 5) is 11.7. The van der Waals surface area contributed by atoms with Gasteiger partial charge in [-0.25, -0.2) is 0 Å². The molecule has 1 heterocycles. The molecule has 2 rings (SSSR count). The van der Waals surface area contributed by atoms with Crippen molar-refractivity contribution in [1.29, 1.82) is 5.26 Å². The summed E-state index contributed by atoms with van der Waals surface area (Å²) in [6, 6.07) is 10.2. The van der Waals surface area contributed by atoms with Crippen molar-refractivity contribution in [1.82, 2.24) is 9.88 Å². The maximum atomic E-state index is 11.7. The zero-order valence-electron chi connectivity index (χ0n) is 11.9. The van der Waals surface area contributed by atoms with E-state index in [-0.39, 0.29) is 5.91 Å². The lowest BCUT2D eigenvalue weighted by molar-refractivity contribution is -0.123. The molecule has 0 radical (unpaired) electrons. The van der Waals surface area contributed by atoms with Gasteiger partial charge in [0.15, 0.2) is 0 Å². The van der Waals surface area contributed by atoms with Crippen molar-refractivity contribution >= 4 is 16.8 Å². The number of aryl methyl sites for hydroxylation is 1. The molecule has 2 aromatic rings. The minimum absolute atomic E-state index is 0.171. The van der Waals surface area contributed by atoms with Gasteiger partial charge < -0.3 is 9.88 Å². The smallest absolute Gasteiger partial charge is 0.237 e. The number of benzene rings is 1. The first-order valence-electron chi connectivity index (χ1n) is 6.87. The number of nitrogens with one attached hydrogen (secondary N) is 1. The number of rotatable bonds is 5. The van der Waals surface area contributed by atoms with Gasteiger partial charge in [-0.05, 0) is 24.5 Å². The van der Waals surface area contributed by atoms with Crippen LogP contribution >= 0.6 is 0 Å². The van der Waals surface area contributed by atoms with Gasteiger partial charge in [0.2, 0.25) is 5.91 Å². The summed E-state index contributed by atoms with van der Waals surface area (Å²) in [7, 11) is 2.02. The summed E-state index contributed by atoms with van der Waals surface area (Å²) in [5, 5.41) is 12.9. The van der Waals surface area contributed by atoms with E-state index in [0.717, 1.165) is 6.42 Å². The Labute approximate surface area is 119 Å². The lowest BCUT2D eigenvalue weighted by atomic mass is 10.1. The molecule has 0 fully saturated rings. The first kappa shape index (κ1) is 14.1. The van der Waals surface area contributed by atoms with Gasteiger partial charge in [0.1, 0.15) is 5.92 Å². The molecule has 1 aromatic carbocycles. The highest BCUT2D eigenvalue weighted by molar-refractivity contribution is 5.84. The van der Waals surface area contributed by atoms with Crippen LogP contribution in [-0.2, 0) is 18.3 Å². The third kappa shape index (κ3) is 2.83. The molecule has 0 saturated carbocycles. The molecule has 104 valence electrons. The first-order valence-corrected chi connectivity index (χ1v) is 6.87. The van der Waals surface area contributed by atoms with Crippen molar-refractivity contribution in [3.8, 4) is 6.07 Å². The van der Waals surface area contributed by atoms with E-state index in [2.05, 4.69) is 28.2 Å². The standard InChI is InChI=1S/C16H19N3O/c1-3-12(10-17)16(20)18-9-8-13-11-19(2)15-7-5-4-6-14(13)15/h4-7,11-12H,3,8-9H2,1-2H3,(H,18,20). The highest BCUT2D eigenvalue weighted by Crippen LogP contribution is 2.20. The van der Waals surface area contributed by atoms with Crippen LogP contribution < -0.4 is 5.32 Å². The molecule has 0 bridgehead atoms. The molecule has 1 N–H and O–H groups in total. The number of aromatic nitrogens is 1. The van der Waals surface area contributed by atoms with Crippen LogP contribution in [0.1, 0.15) is 18.9 Å². The third-order valence-electron chi connectivity index (χ3n) is 3.55. The van der Waals surface area contributed by atoms with Crippen LogP contribution in [0.15, 0.2) is 30.5 Å². The van der Waals surface area contributed by atoms with E-state index in [4.69, 9.17) is 5.26 Å².